The van der Waals surface area contributed by atoms with Crippen LogP contribution in [0.25, 0.3) is 121 Å². The minimum absolute atomic E-state index is 0.138. The summed E-state index contributed by atoms with van der Waals surface area (Å²) in [4.78, 5) is 0. The molecule has 0 saturated carbocycles. The second kappa shape index (κ2) is 10.7. The Hall–Kier alpha value is -6.28. The van der Waals surface area contributed by atoms with E-state index in [4.69, 9.17) is 0 Å². The van der Waals surface area contributed by atoms with Gasteiger partial charge in [0.15, 0.2) is 0 Å². The molecular weight excluding hydrogens is 741 g/mol. The monoisotopic (exact) mass is 772 g/mol. The minimum Gasteiger partial charge on any atom is -0.0619 e. The first kappa shape index (κ1) is 31.0. The molecule has 56 heavy (non-hydrogen) atoms. The van der Waals surface area contributed by atoms with Gasteiger partial charge in [0.2, 0.25) is 0 Å². The summed E-state index contributed by atoms with van der Waals surface area (Å²) in [7, 11) is 0. The Balaban J connectivity index is 1.22. The van der Waals surface area contributed by atoms with Gasteiger partial charge in [-0.3, -0.25) is 0 Å². The van der Waals surface area contributed by atoms with Crippen molar-refractivity contribution in [3.63, 3.8) is 0 Å². The van der Waals surface area contributed by atoms with Gasteiger partial charge >= 0.3 is 0 Å². The third-order valence-electron chi connectivity index (χ3n) is 13.4. The van der Waals surface area contributed by atoms with Gasteiger partial charge in [0.25, 0.3) is 0 Å². The first-order valence-corrected chi connectivity index (χ1v) is 20.4. The van der Waals surface area contributed by atoms with Crippen LogP contribution in [0.1, 0.15) is 25.0 Å². The summed E-state index contributed by atoms with van der Waals surface area (Å²) >= 11 is 3.96. The van der Waals surface area contributed by atoms with E-state index in [1.54, 1.807) is 0 Å². The molecule has 10 aromatic rings. The highest BCUT2D eigenvalue weighted by molar-refractivity contribution is 9.10. The quantitative estimate of drug-likeness (QED) is 0.154. The van der Waals surface area contributed by atoms with Crippen LogP contribution in [0.2, 0.25) is 0 Å². The molecule has 0 spiro atoms. The Labute approximate surface area is 333 Å². The zero-order valence-corrected chi connectivity index (χ0v) is 32.6. The van der Waals surface area contributed by atoms with Gasteiger partial charge in [0.1, 0.15) is 0 Å². The van der Waals surface area contributed by atoms with Crippen LogP contribution in [-0.2, 0) is 5.41 Å². The molecule has 0 amide bonds. The first-order chi connectivity index (χ1) is 27.5. The van der Waals surface area contributed by atoms with Crippen molar-refractivity contribution in [2.45, 2.75) is 19.3 Å². The third kappa shape index (κ3) is 3.79. The van der Waals surface area contributed by atoms with Crippen molar-refractivity contribution < 1.29 is 0 Å². The average Bonchev–Trinajstić information content (AvgIpc) is 3.82. The number of rotatable bonds is 2. The minimum atomic E-state index is -0.138. The number of fused-ring (bicyclic) bond motifs is 11. The lowest BCUT2D eigenvalue weighted by Crippen LogP contribution is -2.14. The summed E-state index contributed by atoms with van der Waals surface area (Å²) in [5.41, 5.74) is 21.1. The lowest BCUT2D eigenvalue weighted by atomic mass is 9.78. The molecule has 1 heteroatoms. The van der Waals surface area contributed by atoms with Gasteiger partial charge in [0.05, 0.1) is 0 Å². The number of hydrogen-bond acceptors (Lipinski definition) is 0. The third-order valence-corrected chi connectivity index (χ3v) is 13.9. The Bertz CT molecular complexity index is 3390. The van der Waals surface area contributed by atoms with Crippen LogP contribution >= 0.6 is 15.9 Å². The highest BCUT2D eigenvalue weighted by Crippen LogP contribution is 2.57. The Kier molecular flexibility index (Phi) is 5.93. The fourth-order valence-electron chi connectivity index (χ4n) is 11.0. The predicted molar refractivity (Wildman–Crippen MR) is 241 cm³/mol. The van der Waals surface area contributed by atoms with E-state index in [9.17, 15) is 0 Å². The van der Waals surface area contributed by atoms with E-state index < -0.39 is 0 Å². The highest BCUT2D eigenvalue weighted by atomic mass is 79.9. The number of benzene rings is 10. The molecule has 0 saturated heterocycles. The average molecular weight is 774 g/mol. The van der Waals surface area contributed by atoms with Crippen molar-refractivity contribution in [1.29, 1.82) is 0 Å². The Morgan fingerprint density at radius 2 is 0.750 bits per heavy atom. The van der Waals surface area contributed by atoms with E-state index in [1.807, 2.05) is 0 Å². The van der Waals surface area contributed by atoms with Crippen molar-refractivity contribution in [2.75, 3.05) is 0 Å². The molecule has 13 rings (SSSR count). The molecule has 0 fully saturated rings. The van der Waals surface area contributed by atoms with Crippen LogP contribution < -0.4 is 0 Å². The molecule has 0 aromatic heterocycles. The molecule has 3 aliphatic carbocycles. The molecule has 0 bridgehead atoms. The number of halogens is 1. The van der Waals surface area contributed by atoms with E-state index in [-0.39, 0.29) is 5.41 Å². The van der Waals surface area contributed by atoms with Gasteiger partial charge in [-0.25, -0.2) is 0 Å². The van der Waals surface area contributed by atoms with Crippen LogP contribution in [0.5, 0.6) is 0 Å². The molecule has 3 aliphatic rings. The molecule has 0 nitrogen and oxygen atoms in total. The molecular formula is C55H33Br. The van der Waals surface area contributed by atoms with E-state index >= 15 is 0 Å². The summed E-state index contributed by atoms with van der Waals surface area (Å²) in [6.07, 6.45) is 0. The normalized spacial score (nSPS) is 13.8. The van der Waals surface area contributed by atoms with E-state index in [0.717, 1.165) is 4.47 Å². The van der Waals surface area contributed by atoms with Gasteiger partial charge < -0.3 is 0 Å². The van der Waals surface area contributed by atoms with Gasteiger partial charge in [-0.1, -0.05) is 169 Å². The smallest absolute Gasteiger partial charge is 0.0181 e. The van der Waals surface area contributed by atoms with Crippen molar-refractivity contribution in [2.24, 2.45) is 0 Å². The molecule has 0 atom stereocenters. The van der Waals surface area contributed by atoms with Crippen LogP contribution in [-0.4, -0.2) is 0 Å². The van der Waals surface area contributed by atoms with Crippen LogP contribution in [0.4, 0.5) is 0 Å². The molecule has 0 radical (unpaired) electrons. The Morgan fingerprint density at radius 3 is 1.34 bits per heavy atom. The van der Waals surface area contributed by atoms with Crippen LogP contribution in [0.15, 0.2) is 168 Å². The van der Waals surface area contributed by atoms with Crippen molar-refractivity contribution >= 4 is 59.0 Å². The fourth-order valence-corrected chi connectivity index (χ4v) is 11.4. The molecule has 260 valence electrons. The van der Waals surface area contributed by atoms with Gasteiger partial charge in [0, 0.05) is 9.89 Å². The zero-order valence-electron chi connectivity index (χ0n) is 31.0. The second-order valence-corrected chi connectivity index (χ2v) is 17.3. The van der Waals surface area contributed by atoms with Crippen molar-refractivity contribution in [3.05, 3.63) is 179 Å². The van der Waals surface area contributed by atoms with Crippen molar-refractivity contribution in [3.8, 4) is 77.9 Å². The second-order valence-electron chi connectivity index (χ2n) is 16.4. The van der Waals surface area contributed by atoms with Crippen LogP contribution in [0, 0.1) is 0 Å². The molecule has 0 aliphatic heterocycles. The largest absolute Gasteiger partial charge is 0.0619 e. The standard InChI is InChI=1S/C55H33Br/c1-55(2)49-20-8-7-15-35(49)45-28-47-48(29-50(45)55)54(43-26-24-41-34-14-6-4-12-32(34)37-17-10-19-39(43)52(37)41)46-27-30(56)21-22-44(46)53(47)42-25-23-40-33-13-5-3-11-31(33)36-16-9-18-38(42)51(36)40/h3-29H,1-2H3. The summed E-state index contributed by atoms with van der Waals surface area (Å²) in [5, 5.41) is 10.4. The summed E-state index contributed by atoms with van der Waals surface area (Å²) < 4.78 is 1.08. The summed E-state index contributed by atoms with van der Waals surface area (Å²) in [6, 6.07) is 62.3. The predicted octanol–water partition coefficient (Wildman–Crippen LogP) is 16.0. The summed E-state index contributed by atoms with van der Waals surface area (Å²) in [5.74, 6) is 0. The first-order valence-electron chi connectivity index (χ1n) is 19.6. The lowest BCUT2D eigenvalue weighted by Gasteiger charge is -2.24. The maximum absolute atomic E-state index is 3.96. The van der Waals surface area contributed by atoms with Gasteiger partial charge in [-0.15, -0.1) is 0 Å². The van der Waals surface area contributed by atoms with Gasteiger partial charge in [-0.2, -0.15) is 0 Å². The van der Waals surface area contributed by atoms with Crippen LogP contribution in [0.3, 0.4) is 0 Å². The Morgan fingerprint density at radius 1 is 0.304 bits per heavy atom. The lowest BCUT2D eigenvalue weighted by molar-refractivity contribution is 0.661. The molecule has 10 aromatic carbocycles. The maximum Gasteiger partial charge on any atom is 0.0181 e. The van der Waals surface area contributed by atoms with E-state index in [2.05, 4.69) is 194 Å². The van der Waals surface area contributed by atoms with Crippen molar-refractivity contribution in [1.82, 2.24) is 0 Å². The summed E-state index contributed by atoms with van der Waals surface area (Å²) in [6.45, 7) is 4.80. The maximum atomic E-state index is 3.96. The van der Waals surface area contributed by atoms with Gasteiger partial charge in [-0.05, 0) is 156 Å². The van der Waals surface area contributed by atoms with E-state index in [0.29, 0.717) is 0 Å². The highest BCUT2D eigenvalue weighted by Gasteiger charge is 2.37. The van der Waals surface area contributed by atoms with E-state index in [1.165, 1.54) is 132 Å². The molecule has 0 N–H and O–H groups in total. The zero-order chi connectivity index (χ0) is 37.0. The SMILES string of the molecule is CC1(C)c2ccccc2-c2cc3c(-c4ccc5c6c(cccc46)-c4ccccc4-5)c4ccc(Br)cc4c(-c4ccc5c6c(cccc46)-c4ccccc4-5)c3cc21. The fraction of sp³-hybridized carbons (Fsp3) is 0.0545. The molecule has 0 unspecified atom stereocenters. The molecule has 0 heterocycles. The topological polar surface area (TPSA) is 0 Å². The number of hydrogen-bond donors (Lipinski definition) is 0.